The number of nitrogens with zero attached hydrogens (tertiary/aromatic N) is 3. The topological polar surface area (TPSA) is 77.6 Å². The van der Waals surface area contributed by atoms with Crippen LogP contribution in [0.1, 0.15) is 43.6 Å². The first kappa shape index (κ1) is 22.7. The summed E-state index contributed by atoms with van der Waals surface area (Å²) in [7, 11) is 2.12. The second kappa shape index (κ2) is 9.47. The summed E-state index contributed by atoms with van der Waals surface area (Å²) in [5.41, 5.74) is 2.32. The van der Waals surface area contributed by atoms with Gasteiger partial charge in [-0.2, -0.15) is 0 Å². The standard InChI is InChI=1S/C24H33N5O2/c1-17(26-23(31)18-6-8-19(9-7-18)24(2,3)4)22(30)27-20-10-11-21(25-16-20)29-14-12-28(5)13-15-29/h6-11,16-17H,12-15H2,1-5H3,(H,26,31)(H,27,30). The predicted octanol–water partition coefficient (Wildman–Crippen LogP) is 2.89. The molecular formula is C24H33N5O2. The van der Waals surface area contributed by atoms with Crippen LogP contribution in [0, 0.1) is 0 Å². The minimum atomic E-state index is -0.674. The third-order valence-electron chi connectivity index (χ3n) is 5.60. The molecule has 1 aromatic heterocycles. The first-order valence-electron chi connectivity index (χ1n) is 10.8. The number of amides is 2. The number of anilines is 2. The van der Waals surface area contributed by atoms with Crippen LogP contribution in [0.2, 0.25) is 0 Å². The number of pyridine rings is 1. The summed E-state index contributed by atoms with van der Waals surface area (Å²) in [5, 5.41) is 5.58. The molecule has 1 aliphatic rings. The van der Waals surface area contributed by atoms with Gasteiger partial charge >= 0.3 is 0 Å². The minimum Gasteiger partial charge on any atom is -0.354 e. The van der Waals surface area contributed by atoms with Crippen LogP contribution in [-0.4, -0.2) is 61.0 Å². The number of likely N-dealkylation sites (N-methyl/N-ethyl adjacent to an activating group) is 1. The molecule has 1 aliphatic heterocycles. The van der Waals surface area contributed by atoms with Gasteiger partial charge in [0.1, 0.15) is 11.9 Å². The largest absolute Gasteiger partial charge is 0.354 e. The van der Waals surface area contributed by atoms with E-state index >= 15 is 0 Å². The molecule has 0 saturated carbocycles. The second-order valence-electron chi connectivity index (χ2n) is 9.21. The average molecular weight is 424 g/mol. The lowest BCUT2D eigenvalue weighted by molar-refractivity contribution is -0.117. The molecule has 0 radical (unpaired) electrons. The lowest BCUT2D eigenvalue weighted by atomic mass is 9.86. The van der Waals surface area contributed by atoms with E-state index < -0.39 is 6.04 Å². The van der Waals surface area contributed by atoms with E-state index in [-0.39, 0.29) is 17.2 Å². The predicted molar refractivity (Wildman–Crippen MR) is 125 cm³/mol. The normalized spacial score (nSPS) is 16.0. The number of hydrogen-bond acceptors (Lipinski definition) is 5. The maximum Gasteiger partial charge on any atom is 0.251 e. The number of hydrogen-bond donors (Lipinski definition) is 2. The van der Waals surface area contributed by atoms with Crippen molar-refractivity contribution in [2.24, 2.45) is 0 Å². The third-order valence-corrected chi connectivity index (χ3v) is 5.60. The highest BCUT2D eigenvalue weighted by Gasteiger charge is 2.19. The van der Waals surface area contributed by atoms with Gasteiger partial charge in [-0.15, -0.1) is 0 Å². The van der Waals surface area contributed by atoms with Crippen molar-refractivity contribution in [3.05, 3.63) is 53.7 Å². The summed E-state index contributed by atoms with van der Waals surface area (Å²) in [6.45, 7) is 11.9. The van der Waals surface area contributed by atoms with Crippen molar-refractivity contribution in [1.29, 1.82) is 0 Å². The van der Waals surface area contributed by atoms with E-state index in [1.54, 1.807) is 25.3 Å². The van der Waals surface area contributed by atoms with Crippen molar-refractivity contribution < 1.29 is 9.59 Å². The molecule has 1 aromatic carbocycles. The molecule has 2 amide bonds. The monoisotopic (exact) mass is 423 g/mol. The van der Waals surface area contributed by atoms with Gasteiger partial charge < -0.3 is 20.4 Å². The fourth-order valence-corrected chi connectivity index (χ4v) is 3.40. The SMILES string of the molecule is CC(NC(=O)c1ccc(C(C)(C)C)cc1)C(=O)Nc1ccc(N2CCN(C)CC2)nc1. The van der Waals surface area contributed by atoms with Gasteiger partial charge in [0.05, 0.1) is 11.9 Å². The smallest absolute Gasteiger partial charge is 0.251 e. The quantitative estimate of drug-likeness (QED) is 0.773. The van der Waals surface area contributed by atoms with Crippen molar-refractivity contribution in [2.45, 2.75) is 39.2 Å². The summed E-state index contributed by atoms with van der Waals surface area (Å²) >= 11 is 0. The van der Waals surface area contributed by atoms with Gasteiger partial charge in [-0.25, -0.2) is 4.98 Å². The van der Waals surface area contributed by atoms with Crippen LogP contribution in [0.15, 0.2) is 42.6 Å². The molecule has 2 N–H and O–H groups in total. The number of aromatic nitrogens is 1. The highest BCUT2D eigenvalue weighted by Crippen LogP contribution is 2.22. The van der Waals surface area contributed by atoms with E-state index in [0.717, 1.165) is 37.6 Å². The summed E-state index contributed by atoms with van der Waals surface area (Å²) < 4.78 is 0. The molecular weight excluding hydrogens is 390 g/mol. The Bertz CT molecular complexity index is 895. The number of piperazine rings is 1. The maximum absolute atomic E-state index is 12.5. The van der Waals surface area contributed by atoms with Gasteiger partial charge in [0.2, 0.25) is 5.91 Å². The Kier molecular flexibility index (Phi) is 6.95. The highest BCUT2D eigenvalue weighted by molar-refractivity contribution is 6.00. The summed E-state index contributed by atoms with van der Waals surface area (Å²) in [6.07, 6.45) is 1.66. The van der Waals surface area contributed by atoms with Gasteiger partial charge in [0.25, 0.3) is 5.91 Å². The number of carbonyl (C=O) groups is 2. The Morgan fingerprint density at radius 2 is 1.65 bits per heavy atom. The van der Waals surface area contributed by atoms with E-state index in [2.05, 4.69) is 53.2 Å². The van der Waals surface area contributed by atoms with Crippen LogP contribution in [0.25, 0.3) is 0 Å². The van der Waals surface area contributed by atoms with Gasteiger partial charge in [-0.05, 0) is 49.2 Å². The van der Waals surface area contributed by atoms with Gasteiger partial charge in [0.15, 0.2) is 0 Å². The fraction of sp³-hybridized carbons (Fsp3) is 0.458. The number of carbonyl (C=O) groups excluding carboxylic acids is 2. The molecule has 0 spiro atoms. The van der Waals surface area contributed by atoms with Gasteiger partial charge in [0, 0.05) is 31.7 Å². The van der Waals surface area contributed by atoms with E-state index in [0.29, 0.717) is 11.3 Å². The van der Waals surface area contributed by atoms with Crippen LogP contribution in [0.3, 0.4) is 0 Å². The maximum atomic E-state index is 12.5. The van der Waals surface area contributed by atoms with E-state index in [1.165, 1.54) is 0 Å². The van der Waals surface area contributed by atoms with Crippen molar-refractivity contribution in [3.63, 3.8) is 0 Å². The van der Waals surface area contributed by atoms with Gasteiger partial charge in [-0.3, -0.25) is 9.59 Å². The zero-order chi connectivity index (χ0) is 22.6. The van der Waals surface area contributed by atoms with Crippen LogP contribution >= 0.6 is 0 Å². The molecule has 1 saturated heterocycles. The number of benzene rings is 1. The Balaban J connectivity index is 1.53. The van der Waals surface area contributed by atoms with Crippen molar-refractivity contribution in [3.8, 4) is 0 Å². The molecule has 1 fully saturated rings. The number of rotatable bonds is 5. The first-order valence-corrected chi connectivity index (χ1v) is 10.8. The summed E-state index contributed by atoms with van der Waals surface area (Å²) in [6, 6.07) is 10.6. The Labute approximate surface area is 184 Å². The molecule has 0 bridgehead atoms. The van der Waals surface area contributed by atoms with Gasteiger partial charge in [-0.1, -0.05) is 32.9 Å². The van der Waals surface area contributed by atoms with Crippen molar-refractivity contribution >= 4 is 23.3 Å². The van der Waals surface area contributed by atoms with E-state index in [4.69, 9.17) is 0 Å². The second-order valence-corrected chi connectivity index (χ2v) is 9.21. The van der Waals surface area contributed by atoms with Crippen molar-refractivity contribution in [1.82, 2.24) is 15.2 Å². The minimum absolute atomic E-state index is 0.0239. The molecule has 31 heavy (non-hydrogen) atoms. The van der Waals surface area contributed by atoms with E-state index in [9.17, 15) is 9.59 Å². The number of nitrogens with one attached hydrogen (secondary N) is 2. The lowest BCUT2D eigenvalue weighted by Crippen LogP contribution is -2.44. The molecule has 0 aliphatic carbocycles. The molecule has 3 rings (SSSR count). The summed E-state index contributed by atoms with van der Waals surface area (Å²) in [4.78, 5) is 34.0. The van der Waals surface area contributed by atoms with E-state index in [1.807, 2.05) is 24.3 Å². The molecule has 2 aromatic rings. The van der Waals surface area contributed by atoms with Crippen LogP contribution in [0.4, 0.5) is 11.5 Å². The Morgan fingerprint density at radius 1 is 1.00 bits per heavy atom. The Hall–Kier alpha value is -2.93. The zero-order valence-corrected chi connectivity index (χ0v) is 19.1. The lowest BCUT2D eigenvalue weighted by Gasteiger charge is -2.33. The van der Waals surface area contributed by atoms with Crippen LogP contribution in [0.5, 0.6) is 0 Å². The molecule has 7 nitrogen and oxygen atoms in total. The molecule has 1 unspecified atom stereocenters. The Morgan fingerprint density at radius 3 is 2.19 bits per heavy atom. The zero-order valence-electron chi connectivity index (χ0n) is 19.1. The third kappa shape index (κ3) is 6.04. The van der Waals surface area contributed by atoms with Crippen molar-refractivity contribution in [2.75, 3.05) is 43.4 Å². The molecule has 166 valence electrons. The average Bonchev–Trinajstić information content (AvgIpc) is 2.74. The molecule has 2 heterocycles. The molecule has 1 atom stereocenters. The fourth-order valence-electron chi connectivity index (χ4n) is 3.40. The first-order chi connectivity index (χ1) is 14.6. The highest BCUT2D eigenvalue weighted by atomic mass is 16.2. The van der Waals surface area contributed by atoms with Crippen LogP contribution in [-0.2, 0) is 10.2 Å². The summed E-state index contributed by atoms with van der Waals surface area (Å²) in [5.74, 6) is 0.353. The van der Waals surface area contributed by atoms with Crippen LogP contribution < -0.4 is 15.5 Å². The molecule has 7 heteroatoms.